The SMILES string of the molecule is Cc1cc2c3c(c1C)Oc1cc(C(C)C)ccc1N3B1c3sc4c(c3-c3ccccc3N12)-c1ccccc1N1B4N2c3ccc(C(C)C)cc3Oc3c(C)c(C)cc1c32. The third-order valence-corrected chi connectivity index (χ3v) is 15.3. The van der Waals surface area contributed by atoms with E-state index < -0.39 is 0 Å². The molecule has 9 heteroatoms. The van der Waals surface area contributed by atoms with Crippen LogP contribution in [-0.2, 0) is 0 Å². The van der Waals surface area contributed by atoms with Gasteiger partial charge in [0, 0.05) is 43.2 Å². The number of fused-ring (bicyclic) bond motifs is 21. The van der Waals surface area contributed by atoms with Crippen molar-refractivity contribution < 1.29 is 9.47 Å². The summed E-state index contributed by atoms with van der Waals surface area (Å²) in [7, 11) is 0. The quantitative estimate of drug-likeness (QED) is 0.162. The fourth-order valence-electron chi connectivity index (χ4n) is 10.7. The average molecular weight is 785 g/mol. The van der Waals surface area contributed by atoms with E-state index in [-0.39, 0.29) is 14.0 Å². The fourth-order valence-corrected chi connectivity index (χ4v) is 12.2. The summed E-state index contributed by atoms with van der Waals surface area (Å²) in [5.74, 6) is 4.57. The molecule has 0 aliphatic carbocycles. The van der Waals surface area contributed by atoms with Crippen molar-refractivity contribution in [2.45, 2.75) is 67.2 Å². The molecule has 7 aromatic rings. The van der Waals surface area contributed by atoms with Gasteiger partial charge >= 0.3 is 14.0 Å². The highest BCUT2D eigenvalue weighted by Crippen LogP contribution is 2.64. The molecule has 0 fully saturated rings. The number of ether oxygens (including phenoxy) is 2. The monoisotopic (exact) mass is 784 g/mol. The van der Waals surface area contributed by atoms with Gasteiger partial charge in [-0.2, -0.15) is 11.3 Å². The molecule has 1 aromatic heterocycles. The number of para-hydroxylation sites is 2. The lowest BCUT2D eigenvalue weighted by molar-refractivity contribution is 0.473. The van der Waals surface area contributed by atoms with Crippen molar-refractivity contribution in [3.05, 3.63) is 130 Å². The fraction of sp³-hybridized carbons (Fsp3) is 0.200. The van der Waals surface area contributed by atoms with E-state index in [9.17, 15) is 0 Å². The second kappa shape index (κ2) is 11.4. The van der Waals surface area contributed by atoms with Crippen LogP contribution in [0.4, 0.5) is 45.5 Å². The Bertz CT molecular complexity index is 2880. The molecule has 0 atom stereocenters. The van der Waals surface area contributed by atoms with Crippen molar-refractivity contribution in [2.75, 3.05) is 19.2 Å². The van der Waals surface area contributed by atoms with Gasteiger partial charge in [-0.25, -0.2) is 0 Å². The highest BCUT2D eigenvalue weighted by molar-refractivity contribution is 7.35. The van der Waals surface area contributed by atoms with Gasteiger partial charge in [-0.05, 0) is 121 Å². The number of anilines is 8. The van der Waals surface area contributed by atoms with Crippen LogP contribution in [0.1, 0.15) is 72.9 Å². The Balaban J connectivity index is 1.12. The summed E-state index contributed by atoms with van der Waals surface area (Å²) in [4.78, 5) is 10.4. The van der Waals surface area contributed by atoms with Crippen LogP contribution in [0.15, 0.2) is 97.1 Å². The summed E-state index contributed by atoms with van der Waals surface area (Å²) >= 11 is 1.99. The van der Waals surface area contributed by atoms with E-state index in [1.54, 1.807) is 0 Å². The van der Waals surface area contributed by atoms with Crippen LogP contribution in [0.2, 0.25) is 0 Å². The first-order chi connectivity index (χ1) is 28.6. The zero-order valence-corrected chi connectivity index (χ0v) is 35.4. The van der Waals surface area contributed by atoms with Gasteiger partial charge in [0.15, 0.2) is 11.5 Å². The first-order valence-corrected chi connectivity index (χ1v) is 21.9. The third-order valence-electron chi connectivity index (χ3n) is 14.0. The summed E-state index contributed by atoms with van der Waals surface area (Å²) in [5, 5.41) is 0. The maximum atomic E-state index is 7.01. The van der Waals surface area contributed by atoms with Gasteiger partial charge in [-0.15, -0.1) is 0 Å². The Kier molecular flexibility index (Phi) is 6.52. The summed E-state index contributed by atoms with van der Waals surface area (Å²) in [5.41, 5.74) is 22.0. The summed E-state index contributed by atoms with van der Waals surface area (Å²) in [6, 6.07) is 36.7. The van der Waals surface area contributed by atoms with Crippen LogP contribution in [0, 0.1) is 27.7 Å². The smallest absolute Gasteiger partial charge is 0.432 e. The predicted octanol–water partition coefficient (Wildman–Crippen LogP) is 12.8. The number of aryl methyl sites for hydroxylation is 2. The molecule has 0 saturated carbocycles. The van der Waals surface area contributed by atoms with E-state index in [1.807, 2.05) is 11.3 Å². The molecule has 0 saturated heterocycles. The Labute approximate surface area is 350 Å². The van der Waals surface area contributed by atoms with Crippen LogP contribution >= 0.6 is 11.3 Å². The first kappa shape index (κ1) is 33.9. The normalized spacial score (nSPS) is 15.2. The summed E-state index contributed by atoms with van der Waals surface area (Å²) in [6.07, 6.45) is 0. The van der Waals surface area contributed by atoms with E-state index in [1.165, 1.54) is 87.9 Å². The zero-order valence-electron chi connectivity index (χ0n) is 34.6. The minimum absolute atomic E-state index is 0.104. The van der Waals surface area contributed by atoms with Crippen molar-refractivity contribution in [3.8, 4) is 45.3 Å². The minimum atomic E-state index is -0.104. The maximum absolute atomic E-state index is 7.01. The highest BCUT2D eigenvalue weighted by atomic mass is 32.1. The molecule has 6 aliphatic heterocycles. The average Bonchev–Trinajstić information content (AvgIpc) is 3.91. The molecule has 0 amide bonds. The standard InChI is InChI=1S/C50H42B2N4O2S/c1-25(2)31-17-19-37-41(23-31)57-47-29(7)27(5)21-39-45(47)55(37)51-49-43(33-13-9-11-15-35(33)53(39)51)44-34-14-10-12-16-36(34)54-40-22-28(6)30(8)48-46(40)56(52(54)50(44)59-49)38-20-18-32(26(3)4)24-42(38)58-48/h9-26H,1-8H3. The van der Waals surface area contributed by atoms with E-state index >= 15 is 0 Å². The van der Waals surface area contributed by atoms with Crippen molar-refractivity contribution >= 4 is 80.4 Å². The van der Waals surface area contributed by atoms with Crippen LogP contribution in [-0.4, -0.2) is 14.0 Å². The lowest BCUT2D eigenvalue weighted by Gasteiger charge is -2.37. The topological polar surface area (TPSA) is 31.4 Å². The van der Waals surface area contributed by atoms with E-state index in [4.69, 9.17) is 9.47 Å². The second-order valence-corrected chi connectivity index (χ2v) is 18.9. The van der Waals surface area contributed by atoms with E-state index in [0.29, 0.717) is 11.8 Å². The number of hydrogen-bond acceptors (Lipinski definition) is 7. The molecule has 13 rings (SSSR count). The molecule has 0 radical (unpaired) electrons. The number of benzene rings is 6. The van der Waals surface area contributed by atoms with Crippen molar-refractivity contribution in [2.24, 2.45) is 0 Å². The van der Waals surface area contributed by atoms with Crippen LogP contribution in [0.5, 0.6) is 23.0 Å². The summed E-state index contributed by atoms with van der Waals surface area (Å²) in [6.45, 7) is 17.7. The zero-order chi connectivity index (χ0) is 39.9. The third kappa shape index (κ3) is 4.09. The Morgan fingerprint density at radius 2 is 0.898 bits per heavy atom. The number of hydrogen-bond donors (Lipinski definition) is 0. The van der Waals surface area contributed by atoms with Crippen LogP contribution < -0.4 is 38.3 Å². The van der Waals surface area contributed by atoms with Crippen molar-refractivity contribution in [1.29, 1.82) is 0 Å². The van der Waals surface area contributed by atoms with Gasteiger partial charge in [0.25, 0.3) is 0 Å². The van der Waals surface area contributed by atoms with Crippen molar-refractivity contribution in [1.82, 2.24) is 0 Å². The minimum Gasteiger partial charge on any atom is -0.453 e. The van der Waals surface area contributed by atoms with Gasteiger partial charge in [-0.1, -0.05) is 76.2 Å². The number of rotatable bonds is 2. The molecule has 0 N–H and O–H groups in total. The highest BCUT2D eigenvalue weighted by Gasteiger charge is 2.58. The van der Waals surface area contributed by atoms with Gasteiger partial charge in [0.05, 0.1) is 34.1 Å². The lowest BCUT2D eigenvalue weighted by atomic mass is 9.60. The molecule has 286 valence electrons. The molecule has 0 spiro atoms. The van der Waals surface area contributed by atoms with Gasteiger partial charge in [0.2, 0.25) is 0 Å². The molecule has 59 heavy (non-hydrogen) atoms. The molecule has 7 heterocycles. The first-order valence-electron chi connectivity index (χ1n) is 21.0. The van der Waals surface area contributed by atoms with Gasteiger partial charge < -0.3 is 28.7 Å². The van der Waals surface area contributed by atoms with Crippen LogP contribution in [0.25, 0.3) is 22.3 Å². The largest absolute Gasteiger partial charge is 0.453 e. The van der Waals surface area contributed by atoms with Gasteiger partial charge in [-0.3, -0.25) is 0 Å². The van der Waals surface area contributed by atoms with E-state index in [0.717, 1.165) is 45.7 Å². The Morgan fingerprint density at radius 3 is 1.32 bits per heavy atom. The summed E-state index contributed by atoms with van der Waals surface area (Å²) < 4.78 is 16.7. The second-order valence-electron chi connectivity index (χ2n) is 17.8. The Hall–Kier alpha value is -6.05. The molecular formula is C50H42B2N4O2S. The van der Waals surface area contributed by atoms with Crippen molar-refractivity contribution in [3.63, 3.8) is 0 Å². The molecular weight excluding hydrogens is 742 g/mol. The lowest BCUT2D eigenvalue weighted by Crippen LogP contribution is -2.55. The predicted molar refractivity (Wildman–Crippen MR) is 248 cm³/mol. The molecule has 6 nitrogen and oxygen atoms in total. The maximum Gasteiger partial charge on any atom is 0.432 e. The molecule has 0 bridgehead atoms. The van der Waals surface area contributed by atoms with Gasteiger partial charge in [0.1, 0.15) is 11.5 Å². The molecule has 0 unspecified atom stereocenters. The molecule has 6 aliphatic rings. The number of thiophene rings is 1. The number of nitrogens with zero attached hydrogens (tertiary/aromatic N) is 4. The van der Waals surface area contributed by atoms with E-state index in [2.05, 4.69) is 172 Å². The van der Waals surface area contributed by atoms with Crippen LogP contribution in [0.3, 0.4) is 0 Å². The Morgan fingerprint density at radius 1 is 0.475 bits per heavy atom. The molecule has 6 aromatic carbocycles.